The number of hydrazine groups is 1. The van der Waals surface area contributed by atoms with E-state index in [2.05, 4.69) is 33.3 Å². The van der Waals surface area contributed by atoms with E-state index in [-0.39, 0.29) is 41.7 Å². The highest BCUT2D eigenvalue weighted by atomic mass is 35.5. The van der Waals surface area contributed by atoms with Gasteiger partial charge in [-0.25, -0.2) is 10.9 Å². The van der Waals surface area contributed by atoms with Crippen molar-refractivity contribution in [3.63, 3.8) is 0 Å². The van der Waals surface area contributed by atoms with Crippen LogP contribution in [0.2, 0.25) is 0 Å². The summed E-state index contributed by atoms with van der Waals surface area (Å²) in [5.74, 6) is 0.845. The van der Waals surface area contributed by atoms with Crippen molar-refractivity contribution in [1.29, 1.82) is 0 Å². The summed E-state index contributed by atoms with van der Waals surface area (Å²) in [5.41, 5.74) is 8.24. The molecule has 10 heteroatoms. The van der Waals surface area contributed by atoms with Gasteiger partial charge in [-0.3, -0.25) is 19.5 Å². The van der Waals surface area contributed by atoms with Gasteiger partial charge in [0.05, 0.1) is 30.9 Å². The Labute approximate surface area is 227 Å². The fourth-order valence-corrected chi connectivity index (χ4v) is 7.09. The molecule has 0 spiro atoms. The number of amides is 2. The van der Waals surface area contributed by atoms with Crippen molar-refractivity contribution >= 4 is 29.1 Å². The number of ether oxygens (including phenoxy) is 1. The Morgan fingerprint density at radius 3 is 2.49 bits per heavy atom. The zero-order chi connectivity index (χ0) is 26.4. The monoisotopic (exact) mass is 538 g/mol. The largest absolute Gasteiger partial charge is 0.381 e. The molecule has 0 aromatic rings. The molecule has 4 N–H and O–H groups in total. The number of aliphatic imine (C=N–C) groups is 1. The second kappa shape index (κ2) is 13.7. The van der Waals surface area contributed by atoms with Crippen LogP contribution in [-0.2, 0) is 14.3 Å². The molecule has 9 nitrogen and oxygen atoms in total. The molecule has 4 rings (SSSR count). The second-order valence-corrected chi connectivity index (χ2v) is 12.0. The molecule has 5 unspecified atom stereocenters. The number of alkyl halides is 1. The maximum absolute atomic E-state index is 13.1. The maximum Gasteiger partial charge on any atom is 0.222 e. The maximum atomic E-state index is 13.1. The third-order valence-electron chi connectivity index (χ3n) is 8.77. The zero-order valence-corrected chi connectivity index (χ0v) is 23.6. The number of methoxy groups -OCH3 is 1. The van der Waals surface area contributed by atoms with Gasteiger partial charge >= 0.3 is 0 Å². The Hall–Kier alpha value is -1.26. The van der Waals surface area contributed by atoms with Crippen LogP contribution in [-0.4, -0.2) is 78.5 Å². The molecule has 37 heavy (non-hydrogen) atoms. The van der Waals surface area contributed by atoms with Crippen LogP contribution in [0.15, 0.2) is 4.99 Å². The number of carbonyl (C=O) groups is 2. The summed E-state index contributed by atoms with van der Waals surface area (Å²) in [6, 6.07) is 0.241. The first-order chi connectivity index (χ1) is 17.9. The van der Waals surface area contributed by atoms with Gasteiger partial charge in [-0.05, 0) is 77.0 Å². The summed E-state index contributed by atoms with van der Waals surface area (Å²) in [6.07, 6.45) is 11.0. The second-order valence-electron chi connectivity index (χ2n) is 11.4. The molecule has 0 radical (unpaired) electrons. The van der Waals surface area contributed by atoms with Gasteiger partial charge in [0.25, 0.3) is 0 Å². The van der Waals surface area contributed by atoms with Gasteiger partial charge in [-0.15, -0.1) is 11.6 Å². The first-order valence-corrected chi connectivity index (χ1v) is 14.8. The van der Waals surface area contributed by atoms with Crippen molar-refractivity contribution in [1.82, 2.24) is 26.4 Å². The van der Waals surface area contributed by atoms with E-state index in [1.54, 1.807) is 0 Å². The lowest BCUT2D eigenvalue weighted by Crippen LogP contribution is -2.55. The van der Waals surface area contributed by atoms with Crippen LogP contribution in [0.5, 0.6) is 0 Å². The van der Waals surface area contributed by atoms with Gasteiger partial charge in [-0.1, -0.05) is 0 Å². The van der Waals surface area contributed by atoms with Gasteiger partial charge in [0.15, 0.2) is 0 Å². The Kier molecular flexibility index (Phi) is 10.6. The van der Waals surface area contributed by atoms with Gasteiger partial charge in [0.2, 0.25) is 11.8 Å². The number of carbonyl (C=O) groups excluding carboxylic acids is 2. The van der Waals surface area contributed by atoms with E-state index in [0.29, 0.717) is 37.4 Å². The van der Waals surface area contributed by atoms with Crippen LogP contribution in [0.3, 0.4) is 0 Å². The average Bonchev–Trinajstić information content (AvgIpc) is 3.20. The number of nitrogens with zero attached hydrogens (tertiary/aromatic N) is 2. The standard InChI is InChI=1S/C27H47ClN6O3/c1-17-32-33-27-23(16-25(36)30-14-6-4-5-13-29-18(2)35)31-26(19-7-9-20(28)10-8-19)22-15-21(37-3)11-12-24(22)34(17)27/h17,19-24,27,32-33H,4-16H2,1-3H3,(H,29,35)(H,30,36)/t17?,19?,20?,21?,22?,23-,24?,27?/m0/s1. The number of halogens is 1. The van der Waals surface area contributed by atoms with Gasteiger partial charge < -0.3 is 15.4 Å². The SMILES string of the molecule is COC1CCC2C(C1)C(C1CCC(Cl)CC1)=N[C@@H](CC(=O)NCCCCCNC(C)=O)C1NNC(C)N21. The fourth-order valence-electron chi connectivity index (χ4n) is 6.84. The Bertz CT molecular complexity index is 805. The zero-order valence-electron chi connectivity index (χ0n) is 22.8. The normalized spacial score (nSPS) is 36.2. The van der Waals surface area contributed by atoms with Gasteiger partial charge in [0.1, 0.15) is 0 Å². The number of fused-ring (bicyclic) bond motifs is 3. The number of hydrogen-bond acceptors (Lipinski definition) is 7. The summed E-state index contributed by atoms with van der Waals surface area (Å²) in [7, 11) is 1.83. The van der Waals surface area contributed by atoms with E-state index in [9.17, 15) is 9.59 Å². The molecule has 2 heterocycles. The molecule has 210 valence electrons. The Balaban J connectivity index is 1.45. The molecule has 3 fully saturated rings. The van der Waals surface area contributed by atoms with Gasteiger partial charge in [0, 0.05) is 50.2 Å². The summed E-state index contributed by atoms with van der Waals surface area (Å²) in [4.78, 5) is 32.1. The fraction of sp³-hybridized carbons (Fsp3) is 0.889. The van der Waals surface area contributed by atoms with E-state index in [4.69, 9.17) is 21.3 Å². The molecular formula is C27H47ClN6O3. The molecule has 0 aromatic heterocycles. The molecule has 1 saturated heterocycles. The highest BCUT2D eigenvalue weighted by Crippen LogP contribution is 2.41. The predicted molar refractivity (Wildman–Crippen MR) is 146 cm³/mol. The number of hydrogen-bond donors (Lipinski definition) is 4. The predicted octanol–water partition coefficient (Wildman–Crippen LogP) is 2.69. The molecule has 2 saturated carbocycles. The van der Waals surface area contributed by atoms with E-state index in [1.807, 2.05) is 7.11 Å². The van der Waals surface area contributed by atoms with Crippen LogP contribution in [0.4, 0.5) is 0 Å². The minimum absolute atomic E-state index is 0.00304. The third kappa shape index (κ3) is 7.44. The molecule has 2 aliphatic carbocycles. The summed E-state index contributed by atoms with van der Waals surface area (Å²) >= 11 is 6.48. The lowest BCUT2D eigenvalue weighted by atomic mass is 9.72. The van der Waals surface area contributed by atoms with Crippen LogP contribution in [0.1, 0.15) is 84.5 Å². The molecule has 6 atom stereocenters. The van der Waals surface area contributed by atoms with E-state index in [1.165, 1.54) is 12.6 Å². The summed E-state index contributed by atoms with van der Waals surface area (Å²) in [6.45, 7) is 5.08. The highest BCUT2D eigenvalue weighted by molar-refractivity contribution is 6.20. The lowest BCUT2D eigenvalue weighted by Gasteiger charge is -2.44. The van der Waals surface area contributed by atoms with Crippen LogP contribution in [0.25, 0.3) is 0 Å². The van der Waals surface area contributed by atoms with Crippen molar-refractivity contribution in [2.75, 3.05) is 20.2 Å². The van der Waals surface area contributed by atoms with Crippen molar-refractivity contribution < 1.29 is 14.3 Å². The Morgan fingerprint density at radius 2 is 1.78 bits per heavy atom. The molecule has 0 aromatic carbocycles. The van der Waals surface area contributed by atoms with Crippen LogP contribution in [0, 0.1) is 11.8 Å². The average molecular weight is 539 g/mol. The van der Waals surface area contributed by atoms with Crippen molar-refractivity contribution in [2.45, 2.75) is 120 Å². The smallest absolute Gasteiger partial charge is 0.222 e. The molecule has 2 aliphatic heterocycles. The Morgan fingerprint density at radius 1 is 1.05 bits per heavy atom. The quantitative estimate of drug-likeness (QED) is 0.252. The first-order valence-electron chi connectivity index (χ1n) is 14.4. The lowest BCUT2D eigenvalue weighted by molar-refractivity contribution is -0.122. The summed E-state index contributed by atoms with van der Waals surface area (Å²) in [5, 5.41) is 6.21. The first kappa shape index (κ1) is 28.7. The molecule has 0 bridgehead atoms. The number of nitrogens with one attached hydrogen (secondary N) is 4. The van der Waals surface area contributed by atoms with Crippen molar-refractivity contribution in [2.24, 2.45) is 16.8 Å². The number of rotatable bonds is 10. The van der Waals surface area contributed by atoms with Crippen molar-refractivity contribution in [3.8, 4) is 0 Å². The molecule has 2 amide bonds. The minimum Gasteiger partial charge on any atom is -0.381 e. The van der Waals surface area contributed by atoms with Gasteiger partial charge in [-0.2, -0.15) is 0 Å². The highest BCUT2D eigenvalue weighted by Gasteiger charge is 2.49. The third-order valence-corrected chi connectivity index (χ3v) is 9.21. The topological polar surface area (TPSA) is 107 Å². The summed E-state index contributed by atoms with van der Waals surface area (Å²) < 4.78 is 5.84. The molecular weight excluding hydrogens is 492 g/mol. The van der Waals surface area contributed by atoms with E-state index < -0.39 is 0 Å². The van der Waals surface area contributed by atoms with Crippen molar-refractivity contribution in [3.05, 3.63) is 0 Å². The van der Waals surface area contributed by atoms with Crippen LogP contribution < -0.4 is 21.5 Å². The molecule has 4 aliphatic rings. The minimum atomic E-state index is -0.146. The van der Waals surface area contributed by atoms with E-state index >= 15 is 0 Å². The van der Waals surface area contributed by atoms with Crippen LogP contribution >= 0.6 is 11.6 Å². The van der Waals surface area contributed by atoms with E-state index in [0.717, 1.165) is 64.2 Å². The number of unbranched alkanes of at least 4 members (excludes halogenated alkanes) is 2.